The van der Waals surface area contributed by atoms with Crippen molar-refractivity contribution in [2.45, 2.75) is 78.0 Å². The fourth-order valence-electron chi connectivity index (χ4n) is 4.00. The van der Waals surface area contributed by atoms with E-state index in [4.69, 9.17) is 19.0 Å². The Bertz CT molecular complexity index is 1420. The Balaban J connectivity index is 1.86. The molecule has 0 spiro atoms. The van der Waals surface area contributed by atoms with Crippen molar-refractivity contribution in [3.05, 3.63) is 28.4 Å². The van der Waals surface area contributed by atoms with Gasteiger partial charge in [-0.05, 0) is 54.5 Å². The van der Waals surface area contributed by atoms with Gasteiger partial charge < -0.3 is 24.4 Å². The molecule has 3 rings (SSSR count). The molecule has 1 aromatic heterocycles. The molecule has 2 N–H and O–H groups in total. The summed E-state index contributed by atoms with van der Waals surface area (Å²) < 4.78 is 15.9. The first-order valence-electron chi connectivity index (χ1n) is 13.5. The number of nitrogens with one attached hydrogen (secondary N) is 2. The van der Waals surface area contributed by atoms with E-state index in [2.05, 4.69) is 20.8 Å². The number of thioether (sulfide) groups is 1. The minimum absolute atomic E-state index is 0.00313. The van der Waals surface area contributed by atoms with Gasteiger partial charge in [-0.2, -0.15) is 0 Å². The third kappa shape index (κ3) is 9.05. The van der Waals surface area contributed by atoms with E-state index in [0.29, 0.717) is 11.3 Å². The van der Waals surface area contributed by atoms with Crippen molar-refractivity contribution < 1.29 is 43.0 Å². The average molecular weight is 652 g/mol. The molecule has 3 amide bonds. The Labute approximate surface area is 263 Å². The summed E-state index contributed by atoms with van der Waals surface area (Å²) in [6.45, 7) is 12.9. The normalized spacial score (nSPS) is 19.0. The lowest BCUT2D eigenvalue weighted by Crippen LogP contribution is -2.70. The summed E-state index contributed by atoms with van der Waals surface area (Å²) in [4.78, 5) is 74.3. The Morgan fingerprint density at radius 2 is 1.77 bits per heavy atom. The first-order valence-corrected chi connectivity index (χ1v) is 15.4. The van der Waals surface area contributed by atoms with Gasteiger partial charge >= 0.3 is 18.0 Å². The van der Waals surface area contributed by atoms with E-state index in [1.54, 1.807) is 53.8 Å². The molecule has 16 heteroatoms. The monoisotopic (exact) mass is 651 g/mol. The third-order valence-electron chi connectivity index (χ3n) is 5.60. The molecule has 1 fully saturated rings. The van der Waals surface area contributed by atoms with Gasteiger partial charge in [-0.1, -0.05) is 5.16 Å². The van der Waals surface area contributed by atoms with E-state index in [1.165, 1.54) is 36.8 Å². The molecule has 44 heavy (non-hydrogen) atoms. The SMILES string of the molecule is CON=C(C)C=C(C(=O)NC1C(=O)N2C(C(=O)OC(C)(C)C)=C(COC(C)=O)CS[C@H]12)c1csc(NC(=O)OC(C)(C)C)n1. The summed E-state index contributed by atoms with van der Waals surface area (Å²) in [5.74, 6) is -2.19. The van der Waals surface area contributed by atoms with Gasteiger partial charge in [0.05, 0.1) is 17.0 Å². The van der Waals surface area contributed by atoms with Crippen molar-refractivity contribution in [2.75, 3.05) is 24.8 Å². The van der Waals surface area contributed by atoms with Crippen LogP contribution in [0.5, 0.6) is 0 Å². The first kappa shape index (κ1) is 34.6. The van der Waals surface area contributed by atoms with Crippen LogP contribution < -0.4 is 10.6 Å². The van der Waals surface area contributed by atoms with Crippen LogP contribution in [0, 0.1) is 0 Å². The van der Waals surface area contributed by atoms with Crippen LogP contribution >= 0.6 is 23.1 Å². The molecule has 14 nitrogen and oxygen atoms in total. The Hall–Kier alpha value is -3.92. The number of anilines is 1. The number of amides is 3. The predicted octanol–water partition coefficient (Wildman–Crippen LogP) is 3.45. The zero-order valence-corrected chi connectivity index (χ0v) is 27.7. The second kappa shape index (κ2) is 13.8. The molecule has 2 aliphatic heterocycles. The number of carbonyl (C=O) groups excluding carboxylic acids is 5. The standard InChI is InChI=1S/C28H37N5O9S2/c1-14(32-39-9)10-17(18-13-44-25(29-18)31-26(38)42-28(6,7)8)21(35)30-19-22(36)33-20(24(37)41-27(3,4)5)16(11-40-15(2)34)12-43-23(19)33/h10,13,19,23H,11-12H2,1-9H3,(H,30,35)(H,29,31,38)/t19?,23-/m1/s1. The highest BCUT2D eigenvalue weighted by molar-refractivity contribution is 8.00. The lowest BCUT2D eigenvalue weighted by molar-refractivity contribution is -0.159. The number of nitrogens with zero attached hydrogens (tertiary/aromatic N) is 3. The number of thiazole rings is 1. The second-order valence-electron chi connectivity index (χ2n) is 11.7. The molecule has 0 radical (unpaired) electrons. The Kier molecular flexibility index (Phi) is 10.8. The van der Waals surface area contributed by atoms with E-state index in [-0.39, 0.29) is 34.5 Å². The molecule has 0 aliphatic carbocycles. The number of β-lactam (4-membered cyclic amide) rings is 1. The minimum atomic E-state index is -0.985. The highest BCUT2D eigenvalue weighted by Gasteiger charge is 2.55. The quantitative estimate of drug-likeness (QED) is 0.0999. The largest absolute Gasteiger partial charge is 0.461 e. The summed E-state index contributed by atoms with van der Waals surface area (Å²) in [5.41, 5.74) is -0.534. The number of hydrogen-bond acceptors (Lipinski definition) is 13. The molecule has 2 aliphatic rings. The summed E-state index contributed by atoms with van der Waals surface area (Å²) in [5, 5.41) is 10.2. The molecule has 240 valence electrons. The lowest BCUT2D eigenvalue weighted by Gasteiger charge is -2.50. The molecule has 0 saturated carbocycles. The Morgan fingerprint density at radius 3 is 2.36 bits per heavy atom. The molecule has 2 atom stereocenters. The zero-order chi connectivity index (χ0) is 33.0. The van der Waals surface area contributed by atoms with Crippen LogP contribution in [0.25, 0.3) is 5.57 Å². The van der Waals surface area contributed by atoms with Crippen LogP contribution in [0.3, 0.4) is 0 Å². The number of rotatable bonds is 9. The number of esters is 2. The number of oxime groups is 1. The number of carbonyl (C=O) groups is 5. The zero-order valence-electron chi connectivity index (χ0n) is 26.1. The maximum Gasteiger partial charge on any atom is 0.413 e. The highest BCUT2D eigenvalue weighted by Crippen LogP contribution is 2.41. The number of ether oxygens (including phenoxy) is 3. The van der Waals surface area contributed by atoms with E-state index in [0.717, 1.165) is 11.3 Å². The van der Waals surface area contributed by atoms with E-state index in [9.17, 15) is 24.0 Å². The fraction of sp³-hybridized carbons (Fsp3) is 0.536. The molecular weight excluding hydrogens is 614 g/mol. The first-order chi connectivity index (χ1) is 20.4. The molecule has 0 bridgehead atoms. The van der Waals surface area contributed by atoms with E-state index < -0.39 is 52.5 Å². The smallest absolute Gasteiger partial charge is 0.413 e. The summed E-state index contributed by atoms with van der Waals surface area (Å²) in [6.07, 6.45) is 0.727. The number of aromatic nitrogens is 1. The lowest BCUT2D eigenvalue weighted by atomic mass is 10.0. The van der Waals surface area contributed by atoms with Gasteiger partial charge in [0.2, 0.25) is 0 Å². The van der Waals surface area contributed by atoms with Crippen LogP contribution in [0.15, 0.2) is 27.9 Å². The van der Waals surface area contributed by atoms with Gasteiger partial charge in [0.25, 0.3) is 11.8 Å². The minimum Gasteiger partial charge on any atom is -0.461 e. The number of fused-ring (bicyclic) bond motifs is 1. The van der Waals surface area contributed by atoms with Crippen LogP contribution in [-0.4, -0.2) is 87.5 Å². The van der Waals surface area contributed by atoms with Gasteiger partial charge in [0.1, 0.15) is 42.0 Å². The van der Waals surface area contributed by atoms with Crippen LogP contribution in [0.1, 0.15) is 61.1 Å². The fourth-order valence-corrected chi connectivity index (χ4v) is 6.02. The summed E-state index contributed by atoms with van der Waals surface area (Å²) >= 11 is 2.38. The van der Waals surface area contributed by atoms with Gasteiger partial charge in [-0.15, -0.1) is 23.1 Å². The Morgan fingerprint density at radius 1 is 1.11 bits per heavy atom. The van der Waals surface area contributed by atoms with Crippen molar-refractivity contribution in [3.8, 4) is 0 Å². The van der Waals surface area contributed by atoms with Crippen molar-refractivity contribution in [1.82, 2.24) is 15.2 Å². The van der Waals surface area contributed by atoms with Crippen molar-refractivity contribution >= 4 is 69.4 Å². The topological polar surface area (TPSA) is 175 Å². The third-order valence-corrected chi connectivity index (χ3v) is 7.69. The van der Waals surface area contributed by atoms with Crippen LogP contribution in [0.2, 0.25) is 0 Å². The molecule has 1 unspecified atom stereocenters. The summed E-state index contributed by atoms with van der Waals surface area (Å²) in [7, 11) is 1.36. The second-order valence-corrected chi connectivity index (χ2v) is 13.7. The maximum atomic E-state index is 13.6. The predicted molar refractivity (Wildman–Crippen MR) is 165 cm³/mol. The van der Waals surface area contributed by atoms with Gasteiger partial charge in [-0.3, -0.25) is 24.6 Å². The molecule has 1 saturated heterocycles. The van der Waals surface area contributed by atoms with Gasteiger partial charge in [0, 0.05) is 23.6 Å². The molecule has 1 aromatic rings. The van der Waals surface area contributed by atoms with Crippen molar-refractivity contribution in [3.63, 3.8) is 0 Å². The number of hydrogen-bond donors (Lipinski definition) is 2. The van der Waals surface area contributed by atoms with Crippen molar-refractivity contribution in [1.29, 1.82) is 0 Å². The van der Waals surface area contributed by atoms with E-state index >= 15 is 0 Å². The molecule has 3 heterocycles. The summed E-state index contributed by atoms with van der Waals surface area (Å²) in [6, 6.07) is -0.985. The van der Waals surface area contributed by atoms with Gasteiger partial charge in [0.15, 0.2) is 5.13 Å². The molecular formula is C28H37N5O9S2. The van der Waals surface area contributed by atoms with Crippen LogP contribution in [-0.2, 0) is 38.2 Å². The van der Waals surface area contributed by atoms with Crippen LogP contribution in [0.4, 0.5) is 9.93 Å². The van der Waals surface area contributed by atoms with Gasteiger partial charge in [-0.25, -0.2) is 14.6 Å². The van der Waals surface area contributed by atoms with Crippen molar-refractivity contribution in [2.24, 2.45) is 5.16 Å². The molecule has 0 aromatic carbocycles. The maximum absolute atomic E-state index is 13.6. The highest BCUT2D eigenvalue weighted by atomic mass is 32.2. The van der Waals surface area contributed by atoms with E-state index in [1.807, 2.05) is 0 Å². The number of allylic oxidation sites excluding steroid dienone is 1. The average Bonchev–Trinajstić information content (AvgIpc) is 3.34.